The summed E-state index contributed by atoms with van der Waals surface area (Å²) >= 11 is 0. The van der Waals surface area contributed by atoms with Crippen molar-refractivity contribution in [1.29, 1.82) is 0 Å². The SMILES string of the molecule is CNc1nccc(-c2cccc(-c3ccon3)n2)n1. The summed E-state index contributed by atoms with van der Waals surface area (Å²) in [5.41, 5.74) is 2.96. The number of aromatic nitrogens is 4. The molecule has 0 fully saturated rings. The van der Waals surface area contributed by atoms with Gasteiger partial charge in [-0.25, -0.2) is 15.0 Å². The second-order valence-electron chi connectivity index (χ2n) is 3.81. The molecule has 0 atom stereocenters. The van der Waals surface area contributed by atoms with Crippen LogP contribution in [0.15, 0.2) is 47.3 Å². The maximum absolute atomic E-state index is 4.83. The predicted octanol–water partition coefficient (Wildman–Crippen LogP) is 2.24. The van der Waals surface area contributed by atoms with Gasteiger partial charge >= 0.3 is 0 Å². The largest absolute Gasteiger partial charge is 0.364 e. The van der Waals surface area contributed by atoms with E-state index in [1.165, 1.54) is 6.26 Å². The first-order valence-electron chi connectivity index (χ1n) is 5.76. The summed E-state index contributed by atoms with van der Waals surface area (Å²) in [6, 6.07) is 9.27. The third-order valence-corrected chi connectivity index (χ3v) is 2.59. The zero-order valence-electron chi connectivity index (χ0n) is 10.2. The Hall–Kier alpha value is -2.76. The van der Waals surface area contributed by atoms with E-state index in [9.17, 15) is 0 Å². The van der Waals surface area contributed by atoms with Gasteiger partial charge in [0.25, 0.3) is 0 Å². The van der Waals surface area contributed by atoms with Crippen molar-refractivity contribution in [3.63, 3.8) is 0 Å². The van der Waals surface area contributed by atoms with E-state index < -0.39 is 0 Å². The third-order valence-electron chi connectivity index (χ3n) is 2.59. The van der Waals surface area contributed by atoms with Crippen LogP contribution in [0.1, 0.15) is 0 Å². The molecule has 6 nitrogen and oxygen atoms in total. The van der Waals surface area contributed by atoms with Crippen molar-refractivity contribution >= 4 is 5.95 Å². The zero-order chi connectivity index (χ0) is 13.1. The summed E-state index contributed by atoms with van der Waals surface area (Å²) < 4.78 is 4.83. The fourth-order valence-electron chi connectivity index (χ4n) is 1.69. The van der Waals surface area contributed by atoms with E-state index in [1.54, 1.807) is 19.3 Å². The standard InChI is InChI=1S/C13H11N5O/c1-14-13-15-7-5-11(17-13)9-3-2-4-10(16-9)12-6-8-19-18-12/h2-8H,1H3,(H,14,15,17). The van der Waals surface area contributed by atoms with E-state index in [0.29, 0.717) is 11.6 Å². The van der Waals surface area contributed by atoms with Crippen molar-refractivity contribution in [3.8, 4) is 22.8 Å². The predicted molar refractivity (Wildman–Crippen MR) is 70.3 cm³/mol. The Morgan fingerprint density at radius 2 is 1.74 bits per heavy atom. The highest BCUT2D eigenvalue weighted by atomic mass is 16.5. The lowest BCUT2D eigenvalue weighted by Crippen LogP contribution is -1.97. The molecule has 0 saturated heterocycles. The quantitative estimate of drug-likeness (QED) is 0.771. The highest BCUT2D eigenvalue weighted by Gasteiger charge is 2.07. The number of rotatable bonds is 3. The number of nitrogens with one attached hydrogen (secondary N) is 1. The Kier molecular flexibility index (Phi) is 2.89. The number of hydrogen-bond donors (Lipinski definition) is 1. The minimum atomic E-state index is 0.561. The first kappa shape index (κ1) is 11.3. The second kappa shape index (κ2) is 4.85. The summed E-state index contributed by atoms with van der Waals surface area (Å²) in [5.74, 6) is 0.561. The first-order valence-corrected chi connectivity index (χ1v) is 5.76. The van der Waals surface area contributed by atoms with Gasteiger partial charge in [0, 0.05) is 19.3 Å². The van der Waals surface area contributed by atoms with Gasteiger partial charge in [-0.3, -0.25) is 0 Å². The van der Waals surface area contributed by atoms with E-state index in [-0.39, 0.29) is 0 Å². The summed E-state index contributed by atoms with van der Waals surface area (Å²) in [6.07, 6.45) is 3.21. The Bertz CT molecular complexity index is 681. The van der Waals surface area contributed by atoms with Crippen LogP contribution in [-0.4, -0.2) is 27.2 Å². The number of nitrogens with zero attached hydrogens (tertiary/aromatic N) is 4. The molecule has 1 N–H and O–H groups in total. The Morgan fingerprint density at radius 3 is 2.47 bits per heavy atom. The fourth-order valence-corrected chi connectivity index (χ4v) is 1.69. The smallest absolute Gasteiger partial charge is 0.222 e. The number of hydrogen-bond acceptors (Lipinski definition) is 6. The Morgan fingerprint density at radius 1 is 0.947 bits per heavy atom. The van der Waals surface area contributed by atoms with Crippen molar-refractivity contribution in [3.05, 3.63) is 42.8 Å². The molecule has 0 radical (unpaired) electrons. The summed E-state index contributed by atoms with van der Waals surface area (Å²) in [6.45, 7) is 0. The van der Waals surface area contributed by atoms with Gasteiger partial charge in [0.15, 0.2) is 0 Å². The molecule has 19 heavy (non-hydrogen) atoms. The molecule has 94 valence electrons. The van der Waals surface area contributed by atoms with Gasteiger partial charge in [-0.05, 0) is 18.2 Å². The Labute approximate surface area is 109 Å². The molecule has 0 aliphatic carbocycles. The van der Waals surface area contributed by atoms with Gasteiger partial charge in [-0.2, -0.15) is 0 Å². The topological polar surface area (TPSA) is 76.7 Å². The molecule has 3 rings (SSSR count). The van der Waals surface area contributed by atoms with Crippen molar-refractivity contribution in [1.82, 2.24) is 20.1 Å². The van der Waals surface area contributed by atoms with Gasteiger partial charge in [-0.1, -0.05) is 11.2 Å². The van der Waals surface area contributed by atoms with Crippen molar-refractivity contribution in [2.45, 2.75) is 0 Å². The molecule has 0 aliphatic heterocycles. The third kappa shape index (κ3) is 2.28. The normalized spacial score (nSPS) is 10.4. The van der Waals surface area contributed by atoms with Crippen LogP contribution in [0, 0.1) is 0 Å². The molecule has 0 spiro atoms. The van der Waals surface area contributed by atoms with Crippen LogP contribution in [0.5, 0.6) is 0 Å². The van der Waals surface area contributed by atoms with Gasteiger partial charge < -0.3 is 9.84 Å². The zero-order valence-corrected chi connectivity index (χ0v) is 10.2. The van der Waals surface area contributed by atoms with E-state index in [0.717, 1.165) is 17.1 Å². The van der Waals surface area contributed by atoms with Gasteiger partial charge in [0.1, 0.15) is 12.0 Å². The lowest BCUT2D eigenvalue weighted by atomic mass is 10.2. The molecule has 0 saturated carbocycles. The molecular weight excluding hydrogens is 242 g/mol. The fraction of sp³-hybridized carbons (Fsp3) is 0.0769. The summed E-state index contributed by atoms with van der Waals surface area (Å²) in [4.78, 5) is 13.0. The monoisotopic (exact) mass is 253 g/mol. The lowest BCUT2D eigenvalue weighted by Gasteiger charge is -2.03. The minimum absolute atomic E-state index is 0.561. The van der Waals surface area contributed by atoms with Crippen LogP contribution < -0.4 is 5.32 Å². The van der Waals surface area contributed by atoms with Crippen LogP contribution in [0.3, 0.4) is 0 Å². The summed E-state index contributed by atoms with van der Waals surface area (Å²) in [5, 5.41) is 6.77. The van der Waals surface area contributed by atoms with Gasteiger partial charge in [0.05, 0.1) is 17.1 Å². The first-order chi connectivity index (χ1) is 9.36. The second-order valence-corrected chi connectivity index (χ2v) is 3.81. The average molecular weight is 253 g/mol. The molecule has 6 heteroatoms. The molecule has 0 unspecified atom stereocenters. The number of pyridine rings is 1. The minimum Gasteiger partial charge on any atom is -0.364 e. The molecule has 3 aromatic heterocycles. The van der Waals surface area contributed by atoms with Crippen LogP contribution in [0.2, 0.25) is 0 Å². The highest BCUT2D eigenvalue weighted by Crippen LogP contribution is 2.20. The van der Waals surface area contributed by atoms with E-state index >= 15 is 0 Å². The maximum Gasteiger partial charge on any atom is 0.222 e. The van der Waals surface area contributed by atoms with Gasteiger partial charge in [-0.15, -0.1) is 0 Å². The average Bonchev–Trinajstić information content (AvgIpc) is 3.02. The van der Waals surface area contributed by atoms with Crippen LogP contribution in [0.4, 0.5) is 5.95 Å². The van der Waals surface area contributed by atoms with E-state index in [4.69, 9.17) is 4.52 Å². The number of anilines is 1. The highest BCUT2D eigenvalue weighted by molar-refractivity contribution is 5.61. The van der Waals surface area contributed by atoms with Crippen molar-refractivity contribution in [2.24, 2.45) is 0 Å². The molecule has 0 aliphatic rings. The van der Waals surface area contributed by atoms with Crippen LogP contribution in [-0.2, 0) is 0 Å². The van der Waals surface area contributed by atoms with E-state index in [2.05, 4.69) is 25.4 Å². The van der Waals surface area contributed by atoms with Crippen LogP contribution in [0.25, 0.3) is 22.8 Å². The van der Waals surface area contributed by atoms with Gasteiger partial charge in [0.2, 0.25) is 5.95 Å². The van der Waals surface area contributed by atoms with Crippen molar-refractivity contribution < 1.29 is 4.52 Å². The molecule has 0 aromatic carbocycles. The Balaban J connectivity index is 2.03. The molecule has 0 amide bonds. The van der Waals surface area contributed by atoms with Crippen molar-refractivity contribution in [2.75, 3.05) is 12.4 Å². The molecule has 3 aromatic rings. The lowest BCUT2D eigenvalue weighted by molar-refractivity contribution is 0.422. The molecule has 0 bridgehead atoms. The summed E-state index contributed by atoms with van der Waals surface area (Å²) in [7, 11) is 1.78. The molecule has 3 heterocycles. The van der Waals surface area contributed by atoms with Crippen LogP contribution >= 0.6 is 0 Å². The van der Waals surface area contributed by atoms with E-state index in [1.807, 2.05) is 24.3 Å². The molecular formula is C13H11N5O. The maximum atomic E-state index is 4.83.